The second-order valence-corrected chi connectivity index (χ2v) is 6.52. The van der Waals surface area contributed by atoms with Gasteiger partial charge in [0.2, 0.25) is 0 Å². The quantitative estimate of drug-likeness (QED) is 0.881. The van der Waals surface area contributed by atoms with Crippen molar-refractivity contribution in [2.45, 2.75) is 31.7 Å². The summed E-state index contributed by atoms with van der Waals surface area (Å²) in [6, 6.07) is 16.5. The van der Waals surface area contributed by atoms with E-state index < -0.39 is 11.6 Å². The first-order valence-electron chi connectivity index (χ1n) is 8.32. The molecule has 2 N–H and O–H groups in total. The number of alkyl carbamates (subject to hydrolysis) is 1. The van der Waals surface area contributed by atoms with Gasteiger partial charge in [-0.2, -0.15) is 0 Å². The minimum absolute atomic E-state index is 0.0464. The summed E-state index contributed by atoms with van der Waals surface area (Å²) < 4.78 is 5.48. The fraction of sp³-hybridized carbons (Fsp3) is 0.350. The molecule has 0 spiro atoms. The van der Waals surface area contributed by atoms with Crippen molar-refractivity contribution in [3.05, 3.63) is 59.7 Å². The van der Waals surface area contributed by atoms with Crippen molar-refractivity contribution >= 4 is 6.09 Å². The van der Waals surface area contributed by atoms with Crippen molar-refractivity contribution in [3.8, 4) is 11.1 Å². The standard InChI is InChI=1S/C20H23NO3/c1-3-20(2,13-22)21-19(23)24-12-18-16-10-6-4-8-14(16)15-9-5-7-11-17(15)18/h4-11,18,22H,3,12-13H2,1-2H3,(H,21,23). The Morgan fingerprint density at radius 3 is 2.17 bits per heavy atom. The van der Waals surface area contributed by atoms with Crippen LogP contribution in [0.2, 0.25) is 0 Å². The summed E-state index contributed by atoms with van der Waals surface area (Å²) in [4.78, 5) is 12.1. The number of benzene rings is 2. The lowest BCUT2D eigenvalue weighted by atomic mass is 9.98. The molecule has 1 unspecified atom stereocenters. The molecule has 1 amide bonds. The lowest BCUT2D eigenvalue weighted by Crippen LogP contribution is -2.48. The van der Waals surface area contributed by atoms with Crippen molar-refractivity contribution in [1.29, 1.82) is 0 Å². The van der Waals surface area contributed by atoms with E-state index in [1.807, 2.05) is 31.2 Å². The highest BCUT2D eigenvalue weighted by Crippen LogP contribution is 2.44. The smallest absolute Gasteiger partial charge is 0.407 e. The molecule has 0 heterocycles. The number of carbonyl (C=O) groups is 1. The molecule has 126 valence electrons. The summed E-state index contributed by atoms with van der Waals surface area (Å²) in [5.74, 6) is 0.0464. The highest BCUT2D eigenvalue weighted by Gasteiger charge is 2.30. The van der Waals surface area contributed by atoms with Gasteiger partial charge in [-0.1, -0.05) is 55.5 Å². The molecule has 0 saturated carbocycles. The van der Waals surface area contributed by atoms with E-state index in [0.717, 1.165) is 0 Å². The predicted molar refractivity (Wildman–Crippen MR) is 94.0 cm³/mol. The summed E-state index contributed by atoms with van der Waals surface area (Å²) in [5, 5.41) is 12.2. The molecule has 1 aliphatic carbocycles. The maximum Gasteiger partial charge on any atom is 0.407 e. The first kappa shape index (κ1) is 16.5. The van der Waals surface area contributed by atoms with Crippen LogP contribution in [0.3, 0.4) is 0 Å². The number of fused-ring (bicyclic) bond motifs is 3. The van der Waals surface area contributed by atoms with Gasteiger partial charge in [0.25, 0.3) is 0 Å². The number of nitrogens with one attached hydrogen (secondary N) is 1. The van der Waals surface area contributed by atoms with Gasteiger partial charge in [-0.05, 0) is 35.6 Å². The number of hydrogen-bond acceptors (Lipinski definition) is 3. The Hall–Kier alpha value is -2.33. The van der Waals surface area contributed by atoms with Crippen molar-refractivity contribution in [3.63, 3.8) is 0 Å². The topological polar surface area (TPSA) is 58.6 Å². The molecule has 0 bridgehead atoms. The van der Waals surface area contributed by atoms with Crippen LogP contribution in [0.25, 0.3) is 11.1 Å². The molecule has 1 atom stereocenters. The molecule has 24 heavy (non-hydrogen) atoms. The second kappa shape index (κ2) is 6.65. The molecule has 1 aliphatic rings. The lowest BCUT2D eigenvalue weighted by Gasteiger charge is -2.27. The van der Waals surface area contributed by atoms with Gasteiger partial charge in [0, 0.05) is 5.92 Å². The summed E-state index contributed by atoms with van der Waals surface area (Å²) in [7, 11) is 0. The Bertz CT molecular complexity index is 692. The number of aliphatic hydroxyl groups excluding tert-OH is 1. The number of aliphatic hydroxyl groups is 1. The summed E-state index contributed by atoms with van der Waals surface area (Å²) >= 11 is 0. The van der Waals surface area contributed by atoms with E-state index in [2.05, 4.69) is 29.6 Å². The third-order valence-electron chi connectivity index (χ3n) is 4.88. The predicted octanol–water partition coefficient (Wildman–Crippen LogP) is 3.69. The van der Waals surface area contributed by atoms with E-state index in [1.165, 1.54) is 22.3 Å². The highest BCUT2D eigenvalue weighted by molar-refractivity contribution is 5.79. The maximum atomic E-state index is 12.1. The van der Waals surface area contributed by atoms with E-state index in [0.29, 0.717) is 6.42 Å². The normalized spacial score (nSPS) is 15.3. The Kier molecular flexibility index (Phi) is 4.58. The monoisotopic (exact) mass is 325 g/mol. The number of amides is 1. The number of ether oxygens (including phenoxy) is 1. The van der Waals surface area contributed by atoms with Gasteiger partial charge in [0.15, 0.2) is 0 Å². The average Bonchev–Trinajstić information content (AvgIpc) is 2.94. The van der Waals surface area contributed by atoms with Crippen LogP contribution in [0.5, 0.6) is 0 Å². The van der Waals surface area contributed by atoms with Crippen LogP contribution in [0.1, 0.15) is 37.3 Å². The highest BCUT2D eigenvalue weighted by atomic mass is 16.5. The largest absolute Gasteiger partial charge is 0.449 e. The first-order chi connectivity index (χ1) is 11.6. The van der Waals surface area contributed by atoms with Gasteiger partial charge in [-0.25, -0.2) is 4.79 Å². The van der Waals surface area contributed by atoms with E-state index in [4.69, 9.17) is 4.74 Å². The van der Waals surface area contributed by atoms with Crippen LogP contribution in [-0.2, 0) is 4.74 Å². The molecule has 0 aromatic heterocycles. The van der Waals surface area contributed by atoms with Crippen LogP contribution >= 0.6 is 0 Å². The van der Waals surface area contributed by atoms with Crippen LogP contribution < -0.4 is 5.32 Å². The van der Waals surface area contributed by atoms with Crippen molar-refractivity contribution in [2.75, 3.05) is 13.2 Å². The van der Waals surface area contributed by atoms with Gasteiger partial charge in [0.1, 0.15) is 6.61 Å². The Morgan fingerprint density at radius 2 is 1.67 bits per heavy atom. The summed E-state index contributed by atoms with van der Waals surface area (Å²) in [6.07, 6.45) is 0.142. The molecule has 0 fully saturated rings. The second-order valence-electron chi connectivity index (χ2n) is 6.52. The van der Waals surface area contributed by atoms with E-state index in [9.17, 15) is 9.90 Å². The van der Waals surface area contributed by atoms with E-state index in [-0.39, 0.29) is 19.1 Å². The number of hydrogen-bond donors (Lipinski definition) is 2. The Labute approximate surface area is 142 Å². The van der Waals surface area contributed by atoms with Crippen LogP contribution in [0.4, 0.5) is 4.79 Å². The molecule has 0 aliphatic heterocycles. The number of rotatable bonds is 5. The summed E-state index contributed by atoms with van der Waals surface area (Å²) in [6.45, 7) is 3.88. The van der Waals surface area contributed by atoms with Crippen LogP contribution in [-0.4, -0.2) is 30.0 Å². The fourth-order valence-corrected chi connectivity index (χ4v) is 3.12. The van der Waals surface area contributed by atoms with Crippen molar-refractivity contribution in [1.82, 2.24) is 5.32 Å². The SMILES string of the molecule is CCC(C)(CO)NC(=O)OCC1c2ccccc2-c2ccccc21. The van der Waals surface area contributed by atoms with Gasteiger partial charge < -0.3 is 15.2 Å². The molecule has 4 nitrogen and oxygen atoms in total. The van der Waals surface area contributed by atoms with Gasteiger partial charge >= 0.3 is 6.09 Å². The number of carbonyl (C=O) groups excluding carboxylic acids is 1. The van der Waals surface area contributed by atoms with Crippen molar-refractivity contribution < 1.29 is 14.6 Å². The summed E-state index contributed by atoms with van der Waals surface area (Å²) in [5.41, 5.74) is 4.13. The lowest BCUT2D eigenvalue weighted by molar-refractivity contribution is 0.113. The fourth-order valence-electron chi connectivity index (χ4n) is 3.12. The molecular formula is C20H23NO3. The minimum Gasteiger partial charge on any atom is -0.449 e. The zero-order chi connectivity index (χ0) is 17.2. The van der Waals surface area contributed by atoms with Gasteiger partial charge in [-0.3, -0.25) is 0 Å². The third-order valence-corrected chi connectivity index (χ3v) is 4.88. The molecular weight excluding hydrogens is 302 g/mol. The Morgan fingerprint density at radius 1 is 1.12 bits per heavy atom. The average molecular weight is 325 g/mol. The Balaban J connectivity index is 1.75. The molecule has 3 rings (SSSR count). The van der Waals surface area contributed by atoms with Gasteiger partial charge in [0.05, 0.1) is 12.1 Å². The molecule has 0 radical (unpaired) electrons. The third kappa shape index (κ3) is 3.02. The zero-order valence-electron chi connectivity index (χ0n) is 14.1. The molecule has 2 aromatic carbocycles. The molecule has 0 saturated heterocycles. The minimum atomic E-state index is -0.650. The van der Waals surface area contributed by atoms with Crippen LogP contribution in [0, 0.1) is 0 Å². The van der Waals surface area contributed by atoms with Gasteiger partial charge in [-0.15, -0.1) is 0 Å². The molecule has 4 heteroatoms. The first-order valence-corrected chi connectivity index (χ1v) is 8.32. The molecule has 2 aromatic rings. The maximum absolute atomic E-state index is 12.1. The van der Waals surface area contributed by atoms with E-state index >= 15 is 0 Å². The zero-order valence-corrected chi connectivity index (χ0v) is 14.1. The van der Waals surface area contributed by atoms with E-state index in [1.54, 1.807) is 6.92 Å². The van der Waals surface area contributed by atoms with Crippen molar-refractivity contribution in [2.24, 2.45) is 0 Å². The van der Waals surface area contributed by atoms with Crippen LogP contribution in [0.15, 0.2) is 48.5 Å².